The molecule has 20 heavy (non-hydrogen) atoms. The number of sulfone groups is 1. The predicted molar refractivity (Wildman–Crippen MR) is 74.4 cm³/mol. The van der Waals surface area contributed by atoms with Crippen LogP contribution < -0.4 is 0 Å². The maximum absolute atomic E-state index is 12.0. The van der Waals surface area contributed by atoms with Crippen LogP contribution in [0.5, 0.6) is 0 Å². The molecule has 1 aromatic carbocycles. The van der Waals surface area contributed by atoms with Crippen molar-refractivity contribution < 1.29 is 22.7 Å². The molecule has 0 N–H and O–H groups in total. The standard InChI is InChI=1S/C14H16O5S/c1-4-20(17,18)13-7-5-10(2)9-11(13)12(15)6-8-14(16)19-3/h5-9H,4H2,1-3H3/b8-6+. The second-order valence-corrected chi connectivity index (χ2v) is 6.37. The van der Waals surface area contributed by atoms with E-state index in [4.69, 9.17) is 0 Å². The van der Waals surface area contributed by atoms with E-state index in [0.717, 1.165) is 17.7 Å². The molecule has 0 aliphatic heterocycles. The van der Waals surface area contributed by atoms with E-state index in [1.807, 2.05) is 0 Å². The van der Waals surface area contributed by atoms with Gasteiger partial charge in [-0.2, -0.15) is 0 Å². The molecule has 0 atom stereocenters. The van der Waals surface area contributed by atoms with Crippen LogP contribution in [0.2, 0.25) is 0 Å². The van der Waals surface area contributed by atoms with Gasteiger partial charge in [-0.15, -0.1) is 0 Å². The first-order chi connectivity index (χ1) is 9.31. The summed E-state index contributed by atoms with van der Waals surface area (Å²) >= 11 is 0. The number of ether oxygens (including phenoxy) is 1. The molecule has 0 fully saturated rings. The molecule has 6 heteroatoms. The smallest absolute Gasteiger partial charge is 0.330 e. The molecule has 5 nitrogen and oxygen atoms in total. The van der Waals surface area contributed by atoms with Crippen molar-refractivity contribution >= 4 is 21.6 Å². The fourth-order valence-electron chi connectivity index (χ4n) is 1.56. The Hall–Kier alpha value is -1.95. The lowest BCUT2D eigenvalue weighted by Gasteiger charge is -2.08. The van der Waals surface area contributed by atoms with Gasteiger partial charge in [0, 0.05) is 11.6 Å². The van der Waals surface area contributed by atoms with Gasteiger partial charge in [0.05, 0.1) is 17.8 Å². The zero-order valence-electron chi connectivity index (χ0n) is 11.5. The molecule has 0 bridgehead atoms. The third kappa shape index (κ3) is 3.77. The number of carbonyl (C=O) groups excluding carboxylic acids is 2. The Morgan fingerprint density at radius 3 is 2.45 bits per heavy atom. The quantitative estimate of drug-likeness (QED) is 0.469. The highest BCUT2D eigenvalue weighted by atomic mass is 32.2. The minimum atomic E-state index is -3.51. The van der Waals surface area contributed by atoms with E-state index in [0.29, 0.717) is 0 Å². The molecule has 0 saturated carbocycles. The fourth-order valence-corrected chi connectivity index (χ4v) is 2.65. The van der Waals surface area contributed by atoms with E-state index in [-0.39, 0.29) is 16.2 Å². The van der Waals surface area contributed by atoms with Crippen LogP contribution in [0.3, 0.4) is 0 Å². The number of methoxy groups -OCH3 is 1. The van der Waals surface area contributed by atoms with E-state index in [2.05, 4.69) is 4.74 Å². The number of carbonyl (C=O) groups is 2. The largest absolute Gasteiger partial charge is 0.466 e. The molecule has 108 valence electrons. The van der Waals surface area contributed by atoms with Crippen molar-refractivity contribution in [2.75, 3.05) is 12.9 Å². The maximum Gasteiger partial charge on any atom is 0.330 e. The lowest BCUT2D eigenvalue weighted by Crippen LogP contribution is -2.11. The number of allylic oxidation sites excluding steroid dienone is 1. The molecule has 0 saturated heterocycles. The summed E-state index contributed by atoms with van der Waals surface area (Å²) in [6.45, 7) is 3.26. The summed E-state index contributed by atoms with van der Waals surface area (Å²) in [7, 11) is -2.31. The van der Waals surface area contributed by atoms with Gasteiger partial charge in [-0.1, -0.05) is 18.6 Å². The summed E-state index contributed by atoms with van der Waals surface area (Å²) < 4.78 is 28.3. The SMILES string of the molecule is CCS(=O)(=O)c1ccc(C)cc1C(=O)/C=C/C(=O)OC. The Labute approximate surface area is 118 Å². The van der Waals surface area contributed by atoms with E-state index in [9.17, 15) is 18.0 Å². The minimum Gasteiger partial charge on any atom is -0.466 e. The summed E-state index contributed by atoms with van der Waals surface area (Å²) in [5.74, 6) is -1.33. The van der Waals surface area contributed by atoms with Crippen molar-refractivity contribution in [1.29, 1.82) is 0 Å². The van der Waals surface area contributed by atoms with Gasteiger partial charge in [-0.05, 0) is 25.1 Å². The van der Waals surface area contributed by atoms with Crippen LogP contribution in [0.15, 0.2) is 35.2 Å². The van der Waals surface area contributed by atoms with Crippen molar-refractivity contribution in [3.8, 4) is 0 Å². The summed E-state index contributed by atoms with van der Waals surface area (Å²) in [4.78, 5) is 23.0. The number of ketones is 1. The van der Waals surface area contributed by atoms with Crippen LogP contribution in [-0.2, 0) is 19.4 Å². The lowest BCUT2D eigenvalue weighted by molar-refractivity contribution is -0.134. The van der Waals surface area contributed by atoms with Gasteiger partial charge < -0.3 is 4.74 Å². The third-order valence-corrected chi connectivity index (χ3v) is 4.47. The molecule has 1 aromatic rings. The van der Waals surface area contributed by atoms with Crippen molar-refractivity contribution in [2.45, 2.75) is 18.7 Å². The Bertz CT molecular complexity index is 656. The van der Waals surface area contributed by atoms with Gasteiger partial charge >= 0.3 is 5.97 Å². The molecule has 0 spiro atoms. The molecule has 0 amide bonds. The first-order valence-corrected chi connectivity index (χ1v) is 7.60. The van der Waals surface area contributed by atoms with Gasteiger partial charge in [0.1, 0.15) is 0 Å². The molecule has 0 aliphatic carbocycles. The fraction of sp³-hybridized carbons (Fsp3) is 0.286. The highest BCUT2D eigenvalue weighted by Crippen LogP contribution is 2.20. The van der Waals surface area contributed by atoms with E-state index >= 15 is 0 Å². The molecular formula is C14H16O5S. The molecule has 1 rings (SSSR count). The highest BCUT2D eigenvalue weighted by Gasteiger charge is 2.20. The first kappa shape index (κ1) is 16.1. The van der Waals surface area contributed by atoms with Crippen LogP contribution in [0.25, 0.3) is 0 Å². The van der Waals surface area contributed by atoms with Crippen LogP contribution in [0.1, 0.15) is 22.8 Å². The zero-order chi connectivity index (χ0) is 15.3. The molecule has 0 aromatic heterocycles. The second kappa shape index (κ2) is 6.47. The number of benzene rings is 1. The molecule has 0 heterocycles. The average molecular weight is 296 g/mol. The summed E-state index contributed by atoms with van der Waals surface area (Å²) in [5, 5.41) is 0. The number of esters is 1. The summed E-state index contributed by atoms with van der Waals surface area (Å²) in [6.07, 6.45) is 1.97. The number of hydrogen-bond donors (Lipinski definition) is 0. The first-order valence-electron chi connectivity index (χ1n) is 5.95. The molecule has 0 unspecified atom stereocenters. The Kier molecular flexibility index (Phi) is 5.21. The van der Waals surface area contributed by atoms with Crippen LogP contribution >= 0.6 is 0 Å². The van der Waals surface area contributed by atoms with E-state index < -0.39 is 21.6 Å². The minimum absolute atomic E-state index is 0.0230. The molecular weight excluding hydrogens is 280 g/mol. The Morgan fingerprint density at radius 2 is 1.90 bits per heavy atom. The Morgan fingerprint density at radius 1 is 1.25 bits per heavy atom. The monoisotopic (exact) mass is 296 g/mol. The number of rotatable bonds is 5. The zero-order valence-corrected chi connectivity index (χ0v) is 12.4. The van der Waals surface area contributed by atoms with Gasteiger partial charge in [-0.3, -0.25) is 4.79 Å². The number of aryl methyl sites for hydroxylation is 1. The topological polar surface area (TPSA) is 77.5 Å². The van der Waals surface area contributed by atoms with Gasteiger partial charge in [-0.25, -0.2) is 13.2 Å². The lowest BCUT2D eigenvalue weighted by atomic mass is 10.1. The van der Waals surface area contributed by atoms with Gasteiger partial charge in [0.2, 0.25) is 0 Å². The van der Waals surface area contributed by atoms with Crippen LogP contribution in [0.4, 0.5) is 0 Å². The van der Waals surface area contributed by atoms with E-state index in [1.165, 1.54) is 26.2 Å². The Balaban J connectivity index is 3.30. The predicted octanol–water partition coefficient (Wildman–Crippen LogP) is 1.70. The van der Waals surface area contributed by atoms with Crippen molar-refractivity contribution in [2.24, 2.45) is 0 Å². The normalized spacial score (nSPS) is 11.6. The number of hydrogen-bond acceptors (Lipinski definition) is 5. The molecule has 0 radical (unpaired) electrons. The third-order valence-electron chi connectivity index (χ3n) is 2.69. The average Bonchev–Trinajstić information content (AvgIpc) is 2.43. The summed E-state index contributed by atoms with van der Waals surface area (Å²) in [5.41, 5.74) is 0.821. The highest BCUT2D eigenvalue weighted by molar-refractivity contribution is 7.91. The van der Waals surface area contributed by atoms with Crippen molar-refractivity contribution in [1.82, 2.24) is 0 Å². The second-order valence-electron chi connectivity index (χ2n) is 4.12. The van der Waals surface area contributed by atoms with Crippen molar-refractivity contribution in [3.63, 3.8) is 0 Å². The van der Waals surface area contributed by atoms with Crippen molar-refractivity contribution in [3.05, 3.63) is 41.5 Å². The van der Waals surface area contributed by atoms with E-state index in [1.54, 1.807) is 13.0 Å². The van der Waals surface area contributed by atoms with Crippen LogP contribution in [0, 0.1) is 6.92 Å². The van der Waals surface area contributed by atoms with Gasteiger partial charge in [0.15, 0.2) is 15.6 Å². The van der Waals surface area contributed by atoms with Gasteiger partial charge in [0.25, 0.3) is 0 Å². The van der Waals surface area contributed by atoms with Crippen LogP contribution in [-0.4, -0.2) is 33.0 Å². The summed E-state index contributed by atoms with van der Waals surface area (Å²) in [6, 6.07) is 4.53. The molecule has 0 aliphatic rings. The maximum atomic E-state index is 12.0.